The molecule has 4 aromatic rings. The van der Waals surface area contributed by atoms with Gasteiger partial charge in [0.25, 0.3) is 0 Å². The number of imide groups is 1. The van der Waals surface area contributed by atoms with E-state index in [2.05, 4.69) is 0 Å². The first-order valence-electron chi connectivity index (χ1n) is 15.7. The molecule has 47 heavy (non-hydrogen) atoms. The highest BCUT2D eigenvalue weighted by Gasteiger charge is 2.57. The van der Waals surface area contributed by atoms with Gasteiger partial charge in [-0.05, 0) is 72.9 Å². The summed E-state index contributed by atoms with van der Waals surface area (Å²) < 4.78 is 0. The second-order valence-corrected chi connectivity index (χ2v) is 12.7. The van der Waals surface area contributed by atoms with E-state index >= 15 is 0 Å². The van der Waals surface area contributed by atoms with Gasteiger partial charge in [0.05, 0.1) is 17.5 Å². The summed E-state index contributed by atoms with van der Waals surface area (Å²) in [6.45, 7) is 1.62. The van der Waals surface area contributed by atoms with Gasteiger partial charge in [0.1, 0.15) is 5.75 Å². The maximum absolute atomic E-state index is 14.3. The molecule has 1 saturated heterocycles. The summed E-state index contributed by atoms with van der Waals surface area (Å²) in [7, 11) is 0. The third-order valence-corrected chi connectivity index (χ3v) is 10.2. The number of hydrogen-bond acceptors (Lipinski definition) is 6. The van der Waals surface area contributed by atoms with Gasteiger partial charge in [-0.15, -0.1) is 0 Å². The van der Waals surface area contributed by atoms with E-state index in [9.17, 15) is 29.1 Å². The molecule has 4 aliphatic rings. The molecule has 1 aliphatic heterocycles. The van der Waals surface area contributed by atoms with E-state index in [0.717, 1.165) is 16.3 Å². The molecule has 7 nitrogen and oxygen atoms in total. The number of phenolic OH excluding ortho intramolecular Hbond substituents is 1. The van der Waals surface area contributed by atoms with Crippen LogP contribution < -0.4 is 4.90 Å². The standard InChI is InChI=1S/C40H29NO6/c1-21-19-32(43)30-20-29-27(35(36(30)37(21)44)34-26-10-6-5-7-22(26)13-18-31(34)42)16-17-28-33(29)40(47)41(39(28)46)25-14-11-24(12-15-25)38(45)23-8-3-2-4-9-23/h2-16,18-19,28-29,33,35,42H,17,20H2,1H3. The molecule has 0 spiro atoms. The van der Waals surface area contributed by atoms with Gasteiger partial charge in [-0.25, -0.2) is 0 Å². The smallest absolute Gasteiger partial charge is 0.238 e. The molecular weight excluding hydrogens is 590 g/mol. The summed E-state index contributed by atoms with van der Waals surface area (Å²) in [4.78, 5) is 69.8. The third kappa shape index (κ3) is 4.30. The van der Waals surface area contributed by atoms with Crippen molar-refractivity contribution < 1.29 is 29.1 Å². The molecule has 7 heteroatoms. The molecule has 4 atom stereocenters. The Labute approximate surface area is 270 Å². The number of benzene rings is 4. The predicted molar refractivity (Wildman–Crippen MR) is 176 cm³/mol. The van der Waals surface area contributed by atoms with Gasteiger partial charge in [0.2, 0.25) is 11.8 Å². The minimum absolute atomic E-state index is 0.00253. The van der Waals surface area contributed by atoms with Crippen molar-refractivity contribution in [2.75, 3.05) is 4.90 Å². The quantitative estimate of drug-likeness (QED) is 0.122. The molecular formula is C40H29NO6. The van der Waals surface area contributed by atoms with Crippen LogP contribution in [0.5, 0.6) is 5.75 Å². The number of fused-ring (bicyclic) bond motifs is 4. The maximum Gasteiger partial charge on any atom is 0.238 e. The minimum Gasteiger partial charge on any atom is -0.508 e. The van der Waals surface area contributed by atoms with E-state index in [1.807, 2.05) is 42.5 Å². The van der Waals surface area contributed by atoms with Crippen LogP contribution in [0.3, 0.4) is 0 Å². The lowest BCUT2D eigenvalue weighted by atomic mass is 9.59. The van der Waals surface area contributed by atoms with E-state index < -0.39 is 23.7 Å². The molecule has 0 bridgehead atoms. The Morgan fingerprint density at radius 3 is 2.26 bits per heavy atom. The average Bonchev–Trinajstić information content (AvgIpc) is 3.35. The Morgan fingerprint density at radius 1 is 0.787 bits per heavy atom. The van der Waals surface area contributed by atoms with E-state index in [1.54, 1.807) is 61.5 Å². The molecule has 1 fully saturated rings. The molecule has 1 heterocycles. The Kier molecular flexibility index (Phi) is 6.55. The molecule has 230 valence electrons. The number of carbonyl (C=O) groups excluding carboxylic acids is 5. The molecule has 0 aromatic heterocycles. The number of ketones is 3. The fraction of sp³-hybridized carbons (Fsp3) is 0.175. The van der Waals surface area contributed by atoms with Crippen LogP contribution in [0.1, 0.15) is 47.2 Å². The Balaban J connectivity index is 1.21. The van der Waals surface area contributed by atoms with Crippen LogP contribution in [0.2, 0.25) is 0 Å². The number of allylic oxidation sites excluding steroid dienone is 6. The molecule has 2 amide bonds. The highest BCUT2D eigenvalue weighted by atomic mass is 16.3. The monoisotopic (exact) mass is 619 g/mol. The number of anilines is 1. The zero-order valence-electron chi connectivity index (χ0n) is 25.5. The van der Waals surface area contributed by atoms with Crippen LogP contribution in [0.4, 0.5) is 5.69 Å². The van der Waals surface area contributed by atoms with Crippen LogP contribution in [0, 0.1) is 17.8 Å². The Bertz CT molecular complexity index is 2170. The van der Waals surface area contributed by atoms with Crippen molar-refractivity contribution in [3.05, 3.63) is 142 Å². The maximum atomic E-state index is 14.3. The average molecular weight is 620 g/mol. The van der Waals surface area contributed by atoms with E-state index in [4.69, 9.17) is 0 Å². The summed E-state index contributed by atoms with van der Waals surface area (Å²) in [6.07, 6.45) is 3.73. The van der Waals surface area contributed by atoms with Crippen LogP contribution in [0.25, 0.3) is 10.8 Å². The van der Waals surface area contributed by atoms with Crippen molar-refractivity contribution in [2.45, 2.75) is 25.7 Å². The van der Waals surface area contributed by atoms with Crippen LogP contribution in [-0.4, -0.2) is 34.3 Å². The largest absolute Gasteiger partial charge is 0.508 e. The van der Waals surface area contributed by atoms with Crippen molar-refractivity contribution in [3.63, 3.8) is 0 Å². The van der Waals surface area contributed by atoms with Gasteiger partial charge in [0.15, 0.2) is 17.3 Å². The molecule has 4 unspecified atom stereocenters. The number of amides is 2. The summed E-state index contributed by atoms with van der Waals surface area (Å²) in [5.41, 5.74) is 3.66. The molecule has 4 aromatic carbocycles. The molecule has 0 saturated carbocycles. The van der Waals surface area contributed by atoms with Gasteiger partial charge in [-0.2, -0.15) is 0 Å². The minimum atomic E-state index is -0.754. The van der Waals surface area contributed by atoms with Gasteiger partial charge in [0, 0.05) is 39.3 Å². The molecule has 8 rings (SSSR count). The SMILES string of the molecule is CC1=CC(=O)C2=C(C1=O)C(c1c(O)ccc3ccccc13)C1=CCC3C(=O)N(c4ccc(C(=O)c5ccccc5)cc4)C(=O)C3C1C2. The van der Waals surface area contributed by atoms with Crippen molar-refractivity contribution in [1.29, 1.82) is 0 Å². The van der Waals surface area contributed by atoms with Crippen molar-refractivity contribution in [2.24, 2.45) is 17.8 Å². The number of nitrogens with zero attached hydrogens (tertiary/aromatic N) is 1. The Hall–Kier alpha value is -5.69. The highest BCUT2D eigenvalue weighted by molar-refractivity contribution is 6.25. The summed E-state index contributed by atoms with van der Waals surface area (Å²) >= 11 is 0. The molecule has 1 N–H and O–H groups in total. The van der Waals surface area contributed by atoms with E-state index in [-0.39, 0.29) is 47.8 Å². The first kappa shape index (κ1) is 28.8. The van der Waals surface area contributed by atoms with E-state index in [0.29, 0.717) is 39.1 Å². The summed E-state index contributed by atoms with van der Waals surface area (Å²) in [6, 6.07) is 26.3. The predicted octanol–water partition coefficient (Wildman–Crippen LogP) is 6.41. The lowest BCUT2D eigenvalue weighted by molar-refractivity contribution is -0.123. The van der Waals surface area contributed by atoms with E-state index in [1.165, 1.54) is 11.0 Å². The topological polar surface area (TPSA) is 109 Å². The van der Waals surface area contributed by atoms with Gasteiger partial charge in [-0.1, -0.05) is 72.3 Å². The van der Waals surface area contributed by atoms with Crippen LogP contribution in [-0.2, 0) is 19.2 Å². The lowest BCUT2D eigenvalue weighted by Crippen LogP contribution is -2.40. The third-order valence-electron chi connectivity index (χ3n) is 10.2. The first-order valence-corrected chi connectivity index (χ1v) is 15.7. The van der Waals surface area contributed by atoms with Gasteiger partial charge in [-0.3, -0.25) is 28.9 Å². The first-order chi connectivity index (χ1) is 22.7. The normalized spacial score (nSPS) is 23.7. The number of phenols is 1. The zero-order valence-corrected chi connectivity index (χ0v) is 25.5. The Morgan fingerprint density at radius 2 is 1.49 bits per heavy atom. The molecule has 3 aliphatic carbocycles. The zero-order chi connectivity index (χ0) is 32.6. The van der Waals surface area contributed by atoms with Crippen LogP contribution in [0.15, 0.2) is 125 Å². The number of rotatable bonds is 4. The number of Topliss-reactive ketones (excluding diaryl/α,β-unsaturated/α-hetero) is 1. The van der Waals surface area contributed by atoms with Crippen molar-refractivity contribution in [3.8, 4) is 5.75 Å². The summed E-state index contributed by atoms with van der Waals surface area (Å²) in [5.74, 6) is -4.08. The fourth-order valence-corrected chi connectivity index (χ4v) is 8.05. The second kappa shape index (κ2) is 10.7. The lowest BCUT2D eigenvalue weighted by Gasteiger charge is -2.42. The highest BCUT2D eigenvalue weighted by Crippen LogP contribution is 2.57. The number of aromatic hydroxyl groups is 1. The van der Waals surface area contributed by atoms with Crippen molar-refractivity contribution >= 4 is 45.6 Å². The summed E-state index contributed by atoms with van der Waals surface area (Å²) in [5, 5.41) is 13.0. The van der Waals surface area contributed by atoms with Crippen molar-refractivity contribution in [1.82, 2.24) is 0 Å². The molecule has 0 radical (unpaired) electrons. The van der Waals surface area contributed by atoms with Gasteiger partial charge >= 0.3 is 0 Å². The number of hydrogen-bond donors (Lipinski definition) is 1. The number of carbonyl (C=O) groups is 5. The second-order valence-electron chi connectivity index (χ2n) is 12.7. The van der Waals surface area contributed by atoms with Crippen LogP contribution >= 0.6 is 0 Å². The fourth-order valence-electron chi connectivity index (χ4n) is 8.05. The van der Waals surface area contributed by atoms with Gasteiger partial charge < -0.3 is 5.11 Å².